The Balaban J connectivity index is 2.73. The molecule has 0 aliphatic carbocycles. The minimum Gasteiger partial charge on any atom is -0.481 e. The topological polar surface area (TPSA) is 66.6 Å². The van der Waals surface area contributed by atoms with Gasteiger partial charge in [0.15, 0.2) is 0 Å². The summed E-state index contributed by atoms with van der Waals surface area (Å²) in [7, 11) is 1.91. The number of benzene rings is 1. The molecule has 1 aromatic carbocycles. The predicted octanol–water partition coefficient (Wildman–Crippen LogP) is 2.78. The van der Waals surface area contributed by atoms with Crippen LogP contribution in [0.1, 0.15) is 51.3 Å². The Kier molecular flexibility index (Phi) is 5.93. The van der Waals surface area contributed by atoms with Gasteiger partial charge in [0.05, 0.1) is 6.42 Å². The summed E-state index contributed by atoms with van der Waals surface area (Å²) in [5, 5.41) is 8.75. The molecule has 3 N–H and O–H groups in total. The highest BCUT2D eigenvalue weighted by molar-refractivity contribution is 5.66. The Bertz CT molecular complexity index is 463. The van der Waals surface area contributed by atoms with E-state index in [4.69, 9.17) is 10.8 Å². The molecule has 4 heteroatoms. The van der Waals surface area contributed by atoms with E-state index in [9.17, 15) is 4.79 Å². The molecule has 118 valence electrons. The number of aliphatic carboxylic acids is 1. The number of carboxylic acids is 1. The van der Waals surface area contributed by atoms with Crippen LogP contribution < -0.4 is 5.73 Å². The van der Waals surface area contributed by atoms with Crippen molar-refractivity contribution in [3.05, 3.63) is 35.4 Å². The highest BCUT2D eigenvalue weighted by atomic mass is 16.4. The van der Waals surface area contributed by atoms with Crippen molar-refractivity contribution in [2.75, 3.05) is 13.6 Å². The summed E-state index contributed by atoms with van der Waals surface area (Å²) in [4.78, 5) is 12.6. The quantitative estimate of drug-likeness (QED) is 0.846. The van der Waals surface area contributed by atoms with Crippen molar-refractivity contribution in [3.8, 4) is 0 Å². The molecule has 0 aliphatic heterocycles. The molecule has 0 amide bonds. The molecule has 0 aliphatic rings. The van der Waals surface area contributed by atoms with Crippen LogP contribution in [0.15, 0.2) is 24.3 Å². The molecule has 1 aromatic rings. The van der Waals surface area contributed by atoms with Crippen LogP contribution >= 0.6 is 0 Å². The third-order valence-corrected chi connectivity index (χ3v) is 4.05. The summed E-state index contributed by atoms with van der Waals surface area (Å²) in [5.41, 5.74) is 8.81. The van der Waals surface area contributed by atoms with Crippen LogP contribution in [0.2, 0.25) is 0 Å². The van der Waals surface area contributed by atoms with Gasteiger partial charge in [0.25, 0.3) is 0 Å². The van der Waals surface area contributed by atoms with Crippen molar-refractivity contribution in [1.82, 2.24) is 4.90 Å². The van der Waals surface area contributed by atoms with Gasteiger partial charge in [0, 0.05) is 18.6 Å². The molecule has 1 rings (SSSR count). The standard InChI is InChI=1S/C17H28N2O2/c1-12(19(5)11-10-15(20)21)16(18)13-6-8-14(9-7-13)17(2,3)4/h6-9,12,16H,10-11,18H2,1-5H3,(H,20,21). The number of carboxylic acid groups (broad SMARTS) is 1. The lowest BCUT2D eigenvalue weighted by atomic mass is 9.86. The maximum atomic E-state index is 10.6. The fourth-order valence-corrected chi connectivity index (χ4v) is 2.23. The number of likely N-dealkylation sites (N-methyl/N-ethyl adjacent to an activating group) is 1. The summed E-state index contributed by atoms with van der Waals surface area (Å²) in [5.74, 6) is -0.780. The van der Waals surface area contributed by atoms with Gasteiger partial charge in [-0.25, -0.2) is 0 Å². The molecule has 0 heterocycles. The number of nitrogens with two attached hydrogens (primary N) is 1. The molecule has 2 unspecified atom stereocenters. The van der Waals surface area contributed by atoms with Gasteiger partial charge in [0.1, 0.15) is 0 Å². The molecule has 0 aromatic heterocycles. The van der Waals surface area contributed by atoms with Crippen molar-refractivity contribution in [2.45, 2.75) is 51.6 Å². The summed E-state index contributed by atoms with van der Waals surface area (Å²) >= 11 is 0. The van der Waals surface area contributed by atoms with Gasteiger partial charge in [-0.2, -0.15) is 0 Å². The second-order valence-corrected chi connectivity index (χ2v) is 6.76. The van der Waals surface area contributed by atoms with Crippen molar-refractivity contribution in [1.29, 1.82) is 0 Å². The van der Waals surface area contributed by atoms with E-state index in [-0.39, 0.29) is 23.9 Å². The number of rotatable bonds is 6. The summed E-state index contributed by atoms with van der Waals surface area (Å²) in [6.07, 6.45) is 0.135. The Morgan fingerprint density at radius 2 is 1.81 bits per heavy atom. The third kappa shape index (κ3) is 5.14. The Hall–Kier alpha value is -1.39. The second kappa shape index (κ2) is 7.05. The maximum absolute atomic E-state index is 10.6. The fourth-order valence-electron chi connectivity index (χ4n) is 2.23. The summed E-state index contributed by atoms with van der Waals surface area (Å²) < 4.78 is 0. The molecule has 0 saturated carbocycles. The molecule has 2 atom stereocenters. The van der Waals surface area contributed by atoms with Gasteiger partial charge in [-0.05, 0) is 30.5 Å². The van der Waals surface area contributed by atoms with Crippen molar-refractivity contribution < 1.29 is 9.90 Å². The smallest absolute Gasteiger partial charge is 0.304 e. The van der Waals surface area contributed by atoms with Crippen LogP contribution in [0.4, 0.5) is 0 Å². The summed E-state index contributed by atoms with van der Waals surface area (Å²) in [6, 6.07) is 8.36. The Morgan fingerprint density at radius 3 is 2.24 bits per heavy atom. The highest BCUT2D eigenvalue weighted by Crippen LogP contribution is 2.25. The van der Waals surface area contributed by atoms with Gasteiger partial charge in [-0.3, -0.25) is 4.79 Å². The predicted molar refractivity (Wildman–Crippen MR) is 86.4 cm³/mol. The molecular weight excluding hydrogens is 264 g/mol. The Morgan fingerprint density at radius 1 is 1.29 bits per heavy atom. The minimum atomic E-state index is -0.780. The van der Waals surface area contributed by atoms with Gasteiger partial charge in [-0.15, -0.1) is 0 Å². The van der Waals surface area contributed by atoms with E-state index in [2.05, 4.69) is 45.0 Å². The number of nitrogens with zero attached hydrogens (tertiary/aromatic N) is 1. The first-order valence-corrected chi connectivity index (χ1v) is 7.41. The number of hydrogen-bond donors (Lipinski definition) is 2. The van der Waals surface area contributed by atoms with Crippen molar-refractivity contribution in [2.24, 2.45) is 5.73 Å². The SMILES string of the molecule is CC(C(N)c1ccc(C(C)(C)C)cc1)N(C)CCC(=O)O. The summed E-state index contributed by atoms with van der Waals surface area (Å²) in [6.45, 7) is 9.09. The fraction of sp³-hybridized carbons (Fsp3) is 0.588. The highest BCUT2D eigenvalue weighted by Gasteiger charge is 2.20. The van der Waals surface area contributed by atoms with Gasteiger partial charge in [-0.1, -0.05) is 45.0 Å². The van der Waals surface area contributed by atoms with Gasteiger partial charge >= 0.3 is 5.97 Å². The number of carbonyl (C=O) groups is 1. The number of hydrogen-bond acceptors (Lipinski definition) is 3. The van der Waals surface area contributed by atoms with Crippen LogP contribution in [-0.4, -0.2) is 35.6 Å². The van der Waals surface area contributed by atoms with E-state index in [1.165, 1.54) is 5.56 Å². The molecule has 0 fully saturated rings. The average Bonchev–Trinajstić information content (AvgIpc) is 2.42. The molecule has 0 spiro atoms. The first kappa shape index (κ1) is 17.7. The van der Waals surface area contributed by atoms with Crippen molar-refractivity contribution in [3.63, 3.8) is 0 Å². The van der Waals surface area contributed by atoms with Gasteiger partial charge < -0.3 is 15.7 Å². The zero-order valence-corrected chi connectivity index (χ0v) is 13.8. The lowest BCUT2D eigenvalue weighted by Crippen LogP contribution is -2.39. The second-order valence-electron chi connectivity index (χ2n) is 6.76. The lowest BCUT2D eigenvalue weighted by molar-refractivity contribution is -0.137. The monoisotopic (exact) mass is 292 g/mol. The largest absolute Gasteiger partial charge is 0.481 e. The molecule has 21 heavy (non-hydrogen) atoms. The first-order valence-electron chi connectivity index (χ1n) is 7.41. The average molecular weight is 292 g/mol. The molecule has 0 saturated heterocycles. The zero-order valence-electron chi connectivity index (χ0n) is 13.8. The van der Waals surface area contributed by atoms with Crippen LogP contribution in [0, 0.1) is 0 Å². The molecule has 0 radical (unpaired) electrons. The van der Waals surface area contributed by atoms with E-state index in [0.29, 0.717) is 6.54 Å². The lowest BCUT2D eigenvalue weighted by Gasteiger charge is -2.30. The van der Waals surface area contributed by atoms with E-state index < -0.39 is 5.97 Å². The minimum absolute atomic E-state index is 0.0878. The van der Waals surface area contributed by atoms with Crippen LogP contribution in [0.25, 0.3) is 0 Å². The van der Waals surface area contributed by atoms with E-state index >= 15 is 0 Å². The van der Waals surface area contributed by atoms with Crippen LogP contribution in [0.5, 0.6) is 0 Å². The van der Waals surface area contributed by atoms with E-state index in [1.54, 1.807) is 0 Å². The van der Waals surface area contributed by atoms with Crippen LogP contribution in [-0.2, 0) is 10.2 Å². The normalized spacial score (nSPS) is 15.0. The van der Waals surface area contributed by atoms with E-state index in [0.717, 1.165) is 5.56 Å². The zero-order chi connectivity index (χ0) is 16.2. The molecule has 0 bridgehead atoms. The maximum Gasteiger partial charge on any atom is 0.304 e. The van der Waals surface area contributed by atoms with Gasteiger partial charge in [0.2, 0.25) is 0 Å². The Labute approximate surface area is 128 Å². The third-order valence-electron chi connectivity index (χ3n) is 4.05. The van der Waals surface area contributed by atoms with Crippen LogP contribution in [0.3, 0.4) is 0 Å². The van der Waals surface area contributed by atoms with E-state index in [1.807, 2.05) is 18.9 Å². The first-order chi connectivity index (χ1) is 9.62. The molecular formula is C17H28N2O2. The van der Waals surface area contributed by atoms with Crippen molar-refractivity contribution >= 4 is 5.97 Å². The molecule has 4 nitrogen and oxygen atoms in total.